The molecule has 1 aliphatic rings. The lowest BCUT2D eigenvalue weighted by atomic mass is 10.2. The molecule has 5 heteroatoms. The van der Waals surface area contributed by atoms with Crippen LogP contribution in [-0.4, -0.2) is 22.8 Å². The number of aromatic nitrogens is 2. The highest BCUT2D eigenvalue weighted by atomic mass is 32.1. The Bertz CT molecular complexity index is 716. The fourth-order valence-corrected chi connectivity index (χ4v) is 2.55. The third kappa shape index (κ3) is 2.99. The molecule has 0 atom stereocenters. The van der Waals surface area contributed by atoms with Crippen molar-refractivity contribution in [1.82, 2.24) is 9.55 Å². The van der Waals surface area contributed by atoms with Crippen molar-refractivity contribution in [3.63, 3.8) is 0 Å². The van der Waals surface area contributed by atoms with Crippen LogP contribution in [0.5, 0.6) is 0 Å². The summed E-state index contributed by atoms with van der Waals surface area (Å²) >= 11 is 5.26. The Morgan fingerprint density at radius 2 is 2.15 bits per heavy atom. The van der Waals surface area contributed by atoms with Gasteiger partial charge in [-0.1, -0.05) is 12.1 Å². The maximum absolute atomic E-state index is 12.4. The van der Waals surface area contributed by atoms with E-state index in [9.17, 15) is 4.79 Å². The van der Waals surface area contributed by atoms with Gasteiger partial charge in [0, 0.05) is 19.8 Å². The number of rotatable bonds is 6. The molecule has 4 nitrogen and oxygen atoms in total. The van der Waals surface area contributed by atoms with Crippen LogP contribution in [-0.2, 0) is 11.3 Å². The molecular formula is C15H18N2O2S. The second-order valence-corrected chi connectivity index (χ2v) is 5.69. The monoisotopic (exact) mass is 290 g/mol. The molecular weight excluding hydrogens is 272 g/mol. The molecule has 0 bridgehead atoms. The topological polar surface area (TPSA) is 47.0 Å². The quantitative estimate of drug-likeness (QED) is 0.657. The number of hydrogen-bond donors (Lipinski definition) is 1. The summed E-state index contributed by atoms with van der Waals surface area (Å²) in [6, 6.07) is 7.45. The number of para-hydroxylation sites is 1. The van der Waals surface area contributed by atoms with Crippen LogP contribution in [0.15, 0.2) is 29.1 Å². The lowest BCUT2D eigenvalue weighted by Gasteiger charge is -2.08. The number of nitrogens with one attached hydrogen (secondary N) is 1. The molecule has 1 aromatic heterocycles. The van der Waals surface area contributed by atoms with E-state index in [1.54, 1.807) is 4.57 Å². The number of aromatic amines is 1. The van der Waals surface area contributed by atoms with Gasteiger partial charge in [-0.3, -0.25) is 9.36 Å². The van der Waals surface area contributed by atoms with E-state index in [0.29, 0.717) is 23.3 Å². The zero-order valence-corrected chi connectivity index (χ0v) is 12.1. The van der Waals surface area contributed by atoms with Crippen LogP contribution in [0.3, 0.4) is 0 Å². The van der Waals surface area contributed by atoms with E-state index in [1.165, 1.54) is 12.8 Å². The Kier molecular flexibility index (Phi) is 3.98. The average molecular weight is 290 g/mol. The first kappa shape index (κ1) is 13.5. The highest BCUT2D eigenvalue weighted by Gasteiger charge is 2.20. The summed E-state index contributed by atoms with van der Waals surface area (Å²) in [5.41, 5.74) is 0.773. The number of benzene rings is 1. The van der Waals surface area contributed by atoms with E-state index in [-0.39, 0.29) is 5.56 Å². The van der Waals surface area contributed by atoms with Crippen molar-refractivity contribution in [3.05, 3.63) is 39.4 Å². The molecule has 1 N–H and O–H groups in total. The maximum atomic E-state index is 12.4. The zero-order chi connectivity index (χ0) is 13.9. The predicted octanol–water partition coefficient (Wildman–Crippen LogP) is 2.88. The fraction of sp³-hybridized carbons (Fsp3) is 0.467. The minimum Gasteiger partial charge on any atom is -0.381 e. The summed E-state index contributed by atoms with van der Waals surface area (Å²) in [6.07, 6.45) is 3.41. The molecule has 0 unspecified atom stereocenters. The minimum atomic E-state index is -0.0217. The minimum absolute atomic E-state index is 0.0217. The van der Waals surface area contributed by atoms with Crippen LogP contribution in [0.1, 0.15) is 19.3 Å². The van der Waals surface area contributed by atoms with Gasteiger partial charge in [0.2, 0.25) is 0 Å². The standard InChI is InChI=1S/C15H18N2O2S/c18-14-12-4-1-2-5-13(12)16-15(20)17(14)8-3-9-19-10-11-6-7-11/h1-2,4-5,11H,3,6-10H2,(H,16,20). The predicted molar refractivity (Wildman–Crippen MR) is 81.6 cm³/mol. The second-order valence-electron chi connectivity index (χ2n) is 5.30. The number of ether oxygens (including phenoxy) is 1. The first-order valence-corrected chi connectivity index (χ1v) is 7.46. The first-order valence-electron chi connectivity index (χ1n) is 7.05. The Morgan fingerprint density at radius 3 is 2.95 bits per heavy atom. The van der Waals surface area contributed by atoms with Crippen LogP contribution >= 0.6 is 12.2 Å². The first-order chi connectivity index (χ1) is 9.75. The number of nitrogens with zero attached hydrogens (tertiary/aromatic N) is 1. The second kappa shape index (κ2) is 5.89. The van der Waals surface area contributed by atoms with Gasteiger partial charge in [-0.25, -0.2) is 0 Å². The summed E-state index contributed by atoms with van der Waals surface area (Å²) in [7, 11) is 0. The van der Waals surface area contributed by atoms with Crippen LogP contribution in [0.4, 0.5) is 0 Å². The van der Waals surface area contributed by atoms with Gasteiger partial charge in [0.15, 0.2) is 4.77 Å². The van der Waals surface area contributed by atoms with Gasteiger partial charge in [0.1, 0.15) is 0 Å². The summed E-state index contributed by atoms with van der Waals surface area (Å²) in [4.78, 5) is 15.5. The molecule has 0 amide bonds. The smallest absolute Gasteiger partial charge is 0.262 e. The van der Waals surface area contributed by atoms with Gasteiger partial charge in [-0.05, 0) is 49.5 Å². The normalized spacial score (nSPS) is 14.8. The lowest BCUT2D eigenvalue weighted by Crippen LogP contribution is -2.23. The van der Waals surface area contributed by atoms with Gasteiger partial charge in [-0.2, -0.15) is 0 Å². The van der Waals surface area contributed by atoms with Crippen molar-refractivity contribution < 1.29 is 4.74 Å². The van der Waals surface area contributed by atoms with Crippen molar-refractivity contribution in [3.8, 4) is 0 Å². The lowest BCUT2D eigenvalue weighted by molar-refractivity contribution is 0.119. The summed E-state index contributed by atoms with van der Waals surface area (Å²) in [6.45, 7) is 2.15. The largest absolute Gasteiger partial charge is 0.381 e. The molecule has 1 aliphatic carbocycles. The fourth-order valence-electron chi connectivity index (χ4n) is 2.26. The molecule has 1 aromatic carbocycles. The van der Waals surface area contributed by atoms with Crippen LogP contribution in [0.25, 0.3) is 10.9 Å². The molecule has 0 radical (unpaired) electrons. The molecule has 0 saturated heterocycles. The highest BCUT2D eigenvalue weighted by Crippen LogP contribution is 2.28. The van der Waals surface area contributed by atoms with Gasteiger partial charge in [0.05, 0.1) is 10.9 Å². The summed E-state index contributed by atoms with van der Waals surface area (Å²) in [5, 5.41) is 0.681. The molecule has 106 valence electrons. The Hall–Kier alpha value is -1.46. The van der Waals surface area contributed by atoms with E-state index >= 15 is 0 Å². The van der Waals surface area contributed by atoms with E-state index in [2.05, 4.69) is 4.98 Å². The summed E-state index contributed by atoms with van der Waals surface area (Å²) in [5.74, 6) is 0.779. The Labute approximate surface area is 122 Å². The number of fused-ring (bicyclic) bond motifs is 1. The third-order valence-corrected chi connectivity index (χ3v) is 3.93. The van der Waals surface area contributed by atoms with Gasteiger partial charge in [0.25, 0.3) is 5.56 Å². The summed E-state index contributed by atoms with van der Waals surface area (Å²) < 4.78 is 7.69. The molecule has 1 heterocycles. The molecule has 1 saturated carbocycles. The number of hydrogen-bond acceptors (Lipinski definition) is 3. The van der Waals surface area contributed by atoms with Crippen molar-refractivity contribution >= 4 is 23.1 Å². The van der Waals surface area contributed by atoms with E-state index < -0.39 is 0 Å². The van der Waals surface area contributed by atoms with Crippen molar-refractivity contribution in [1.29, 1.82) is 0 Å². The van der Waals surface area contributed by atoms with Crippen molar-refractivity contribution in [2.45, 2.75) is 25.8 Å². The third-order valence-electron chi connectivity index (χ3n) is 3.61. The van der Waals surface area contributed by atoms with Crippen molar-refractivity contribution in [2.75, 3.05) is 13.2 Å². The average Bonchev–Trinajstić information content (AvgIpc) is 3.26. The van der Waals surface area contributed by atoms with Crippen LogP contribution in [0.2, 0.25) is 0 Å². The van der Waals surface area contributed by atoms with E-state index in [0.717, 1.165) is 24.5 Å². The Morgan fingerprint density at radius 1 is 1.35 bits per heavy atom. The van der Waals surface area contributed by atoms with Gasteiger partial charge >= 0.3 is 0 Å². The van der Waals surface area contributed by atoms with Crippen molar-refractivity contribution in [2.24, 2.45) is 5.92 Å². The SMILES string of the molecule is O=c1c2ccccc2[nH]c(=S)n1CCCOCC1CC1. The molecule has 3 rings (SSSR count). The van der Waals surface area contributed by atoms with Crippen LogP contribution in [0, 0.1) is 10.7 Å². The van der Waals surface area contributed by atoms with E-state index in [1.807, 2.05) is 24.3 Å². The highest BCUT2D eigenvalue weighted by molar-refractivity contribution is 7.71. The zero-order valence-electron chi connectivity index (χ0n) is 11.3. The van der Waals surface area contributed by atoms with Gasteiger partial charge in [-0.15, -0.1) is 0 Å². The molecule has 2 aromatic rings. The van der Waals surface area contributed by atoms with Crippen LogP contribution < -0.4 is 5.56 Å². The molecule has 0 spiro atoms. The molecule has 1 fully saturated rings. The Balaban J connectivity index is 1.70. The van der Waals surface area contributed by atoms with E-state index in [4.69, 9.17) is 17.0 Å². The number of H-pyrrole nitrogens is 1. The molecule has 0 aliphatic heterocycles. The molecule has 20 heavy (non-hydrogen) atoms. The van der Waals surface area contributed by atoms with Gasteiger partial charge < -0.3 is 9.72 Å². The maximum Gasteiger partial charge on any atom is 0.262 e.